The molecular weight excluding hydrogens is 355 g/mol. The van der Waals surface area contributed by atoms with E-state index in [4.69, 9.17) is 4.42 Å². The van der Waals surface area contributed by atoms with Crippen molar-refractivity contribution in [2.24, 2.45) is 0 Å². The molecule has 0 unspecified atom stereocenters. The predicted octanol–water partition coefficient (Wildman–Crippen LogP) is 5.83. The molecule has 140 valence electrons. The van der Waals surface area contributed by atoms with Crippen molar-refractivity contribution in [3.63, 3.8) is 0 Å². The summed E-state index contributed by atoms with van der Waals surface area (Å²) in [6, 6.07) is 17.3. The highest BCUT2D eigenvalue weighted by Crippen LogP contribution is 2.32. The van der Waals surface area contributed by atoms with Crippen LogP contribution in [0.4, 0.5) is 13.2 Å². The first-order valence-electron chi connectivity index (χ1n) is 8.32. The van der Waals surface area contributed by atoms with E-state index in [9.17, 15) is 18.4 Å². The molecule has 0 atom stereocenters. The van der Waals surface area contributed by atoms with Gasteiger partial charge in [-0.1, -0.05) is 42.5 Å². The number of halogens is 3. The molecule has 0 spiro atoms. The molecule has 0 amide bonds. The Bertz CT molecular complexity index is 957. The monoisotopic (exact) mass is 373 g/mol. The molecule has 0 aliphatic carbocycles. The number of nitrogens with zero attached hydrogens (tertiary/aromatic N) is 1. The van der Waals surface area contributed by atoms with Gasteiger partial charge in [0.2, 0.25) is 6.21 Å². The third-order valence-electron chi connectivity index (χ3n) is 4.38. The molecule has 2 aromatic carbocycles. The fourth-order valence-corrected chi connectivity index (χ4v) is 2.68. The highest BCUT2D eigenvalue weighted by molar-refractivity contribution is 5.74. The Morgan fingerprint density at radius 1 is 0.889 bits per heavy atom. The molecule has 0 aliphatic rings. The van der Waals surface area contributed by atoms with Gasteiger partial charge >= 0.3 is 6.18 Å². The second-order valence-electron chi connectivity index (χ2n) is 6.66. The van der Waals surface area contributed by atoms with Crippen molar-refractivity contribution >= 4 is 6.21 Å². The summed E-state index contributed by atoms with van der Waals surface area (Å²) in [6.07, 6.45) is -3.13. The van der Waals surface area contributed by atoms with Gasteiger partial charge in [-0.15, -0.1) is 0 Å². The first-order valence-corrected chi connectivity index (χ1v) is 8.32. The largest absolute Gasteiger partial charge is 0.623 e. The van der Waals surface area contributed by atoms with Crippen LogP contribution in [-0.2, 0) is 11.7 Å². The third-order valence-corrected chi connectivity index (χ3v) is 4.38. The van der Waals surface area contributed by atoms with Gasteiger partial charge in [0.15, 0.2) is 11.3 Å². The Kier molecular flexibility index (Phi) is 4.83. The van der Waals surface area contributed by atoms with Crippen LogP contribution >= 0.6 is 0 Å². The molecule has 1 heterocycles. The average Bonchev–Trinajstić information content (AvgIpc) is 3.10. The molecule has 27 heavy (non-hydrogen) atoms. The fourth-order valence-electron chi connectivity index (χ4n) is 2.68. The zero-order valence-electron chi connectivity index (χ0n) is 14.8. The maximum absolute atomic E-state index is 12.9. The standard InChI is InChI=1S/C21H18F3NO2/c1-20(2,16-8-4-3-5-9-16)25(26)14-18-11-12-19(27-18)15-7-6-10-17(13-15)21(22,23)24/h3-14H,1-2H3/b25-14-. The summed E-state index contributed by atoms with van der Waals surface area (Å²) in [4.78, 5) is 0. The summed E-state index contributed by atoms with van der Waals surface area (Å²) in [7, 11) is 0. The van der Waals surface area contributed by atoms with Crippen LogP contribution < -0.4 is 0 Å². The highest BCUT2D eigenvalue weighted by Gasteiger charge is 2.31. The van der Waals surface area contributed by atoms with E-state index in [1.807, 2.05) is 30.3 Å². The van der Waals surface area contributed by atoms with Crippen LogP contribution in [-0.4, -0.2) is 11.0 Å². The zero-order chi connectivity index (χ0) is 19.7. The van der Waals surface area contributed by atoms with E-state index < -0.39 is 17.3 Å². The Balaban J connectivity index is 1.89. The van der Waals surface area contributed by atoms with Crippen molar-refractivity contribution in [2.75, 3.05) is 0 Å². The highest BCUT2D eigenvalue weighted by atomic mass is 19.4. The van der Waals surface area contributed by atoms with Crippen LogP contribution in [0, 0.1) is 5.21 Å². The van der Waals surface area contributed by atoms with E-state index in [1.165, 1.54) is 18.3 Å². The minimum absolute atomic E-state index is 0.262. The molecule has 1 aromatic heterocycles. The van der Waals surface area contributed by atoms with E-state index in [1.54, 1.807) is 26.0 Å². The quantitative estimate of drug-likeness (QED) is 0.250. The number of furan rings is 1. The minimum Gasteiger partial charge on any atom is -0.623 e. The predicted molar refractivity (Wildman–Crippen MR) is 97.4 cm³/mol. The molecule has 3 rings (SSSR count). The summed E-state index contributed by atoms with van der Waals surface area (Å²) >= 11 is 0. The van der Waals surface area contributed by atoms with Gasteiger partial charge in [-0.3, -0.25) is 0 Å². The Hall–Kier alpha value is -3.02. The lowest BCUT2D eigenvalue weighted by molar-refractivity contribution is -0.545. The molecular formula is C21H18F3NO2. The van der Waals surface area contributed by atoms with E-state index in [2.05, 4.69) is 0 Å². The SMILES string of the molecule is CC(C)(c1ccccc1)/[N+]([O-])=C/c1ccc(-c2cccc(C(F)(F)F)c2)o1. The van der Waals surface area contributed by atoms with Crippen molar-refractivity contribution in [3.05, 3.63) is 88.8 Å². The normalized spacial score (nSPS) is 13.0. The summed E-state index contributed by atoms with van der Waals surface area (Å²) in [5, 5.41) is 12.6. The zero-order valence-corrected chi connectivity index (χ0v) is 14.8. The van der Waals surface area contributed by atoms with Gasteiger partial charge in [0, 0.05) is 25.0 Å². The van der Waals surface area contributed by atoms with Gasteiger partial charge in [-0.05, 0) is 24.3 Å². The first kappa shape index (κ1) is 18.8. The van der Waals surface area contributed by atoms with Crippen molar-refractivity contribution in [2.45, 2.75) is 25.6 Å². The van der Waals surface area contributed by atoms with Crippen LogP contribution in [0.1, 0.15) is 30.7 Å². The van der Waals surface area contributed by atoms with E-state index in [0.717, 1.165) is 22.4 Å². The molecule has 0 saturated carbocycles. The van der Waals surface area contributed by atoms with Gasteiger partial charge in [-0.2, -0.15) is 17.9 Å². The van der Waals surface area contributed by atoms with Crippen LogP contribution in [0.15, 0.2) is 71.1 Å². The maximum Gasteiger partial charge on any atom is 0.416 e. The second kappa shape index (κ2) is 6.95. The topological polar surface area (TPSA) is 39.2 Å². The number of hydroxylamine groups is 1. The molecule has 0 N–H and O–H groups in total. The van der Waals surface area contributed by atoms with E-state index in [0.29, 0.717) is 5.56 Å². The lowest BCUT2D eigenvalue weighted by atomic mass is 9.95. The molecule has 0 saturated heterocycles. The van der Waals surface area contributed by atoms with Crippen molar-refractivity contribution < 1.29 is 22.3 Å². The number of rotatable bonds is 4. The lowest BCUT2D eigenvalue weighted by Crippen LogP contribution is -2.30. The number of hydrogen-bond acceptors (Lipinski definition) is 2. The van der Waals surface area contributed by atoms with Gasteiger partial charge < -0.3 is 9.62 Å². The molecule has 3 aromatic rings. The first-order chi connectivity index (χ1) is 12.7. The van der Waals surface area contributed by atoms with Crippen LogP contribution in [0.2, 0.25) is 0 Å². The van der Waals surface area contributed by atoms with Crippen LogP contribution in [0.25, 0.3) is 11.3 Å². The lowest BCUT2D eigenvalue weighted by Gasteiger charge is -2.24. The van der Waals surface area contributed by atoms with Crippen LogP contribution in [0.5, 0.6) is 0 Å². The van der Waals surface area contributed by atoms with E-state index >= 15 is 0 Å². The summed E-state index contributed by atoms with van der Waals surface area (Å²) in [5.41, 5.74) is -0.451. The Morgan fingerprint density at radius 3 is 2.22 bits per heavy atom. The maximum atomic E-state index is 12.9. The van der Waals surface area contributed by atoms with Gasteiger partial charge in [0.25, 0.3) is 0 Å². The Labute approximate surface area is 155 Å². The number of hydrogen-bond donors (Lipinski definition) is 0. The second-order valence-corrected chi connectivity index (χ2v) is 6.66. The summed E-state index contributed by atoms with van der Waals surface area (Å²) in [5.74, 6) is 0.527. The fraction of sp³-hybridized carbons (Fsp3) is 0.190. The molecule has 3 nitrogen and oxygen atoms in total. The average molecular weight is 373 g/mol. The smallest absolute Gasteiger partial charge is 0.416 e. The van der Waals surface area contributed by atoms with Crippen molar-refractivity contribution in [3.8, 4) is 11.3 Å². The van der Waals surface area contributed by atoms with Gasteiger partial charge in [0.05, 0.1) is 5.56 Å². The van der Waals surface area contributed by atoms with Gasteiger partial charge in [0.1, 0.15) is 5.76 Å². The summed E-state index contributed by atoms with van der Waals surface area (Å²) < 4.78 is 45.0. The minimum atomic E-state index is -4.43. The molecule has 0 aliphatic heterocycles. The van der Waals surface area contributed by atoms with Gasteiger partial charge in [-0.25, -0.2) is 0 Å². The number of benzene rings is 2. The Morgan fingerprint density at radius 2 is 1.56 bits per heavy atom. The molecule has 0 fully saturated rings. The number of alkyl halides is 3. The van der Waals surface area contributed by atoms with Crippen molar-refractivity contribution in [1.82, 2.24) is 0 Å². The molecule has 0 bridgehead atoms. The van der Waals surface area contributed by atoms with Crippen molar-refractivity contribution in [1.29, 1.82) is 0 Å². The third kappa shape index (κ3) is 4.05. The summed E-state index contributed by atoms with van der Waals surface area (Å²) in [6.45, 7) is 3.56. The van der Waals surface area contributed by atoms with Crippen LogP contribution in [0.3, 0.4) is 0 Å². The van der Waals surface area contributed by atoms with E-state index in [-0.39, 0.29) is 11.5 Å². The molecule has 0 radical (unpaired) electrons. The molecule has 6 heteroatoms.